The number of sulfonamides is 1. The van der Waals surface area contributed by atoms with Gasteiger partial charge in [-0.15, -0.1) is 0 Å². The molecule has 0 aliphatic carbocycles. The van der Waals surface area contributed by atoms with Crippen molar-refractivity contribution in [3.05, 3.63) is 29.3 Å². The SMILES string of the molecule is C[C@@H](OC(=O)[C@H]1CCCN1S(C)(=O)=O)C(=O)Nc1ccc(Cl)cc1. The van der Waals surface area contributed by atoms with Crippen molar-refractivity contribution in [1.29, 1.82) is 0 Å². The van der Waals surface area contributed by atoms with Gasteiger partial charge in [0.2, 0.25) is 10.0 Å². The number of carbonyl (C=O) groups excluding carboxylic acids is 2. The normalized spacial score (nSPS) is 19.7. The van der Waals surface area contributed by atoms with Gasteiger partial charge in [-0.05, 0) is 44.0 Å². The third kappa shape index (κ3) is 4.68. The molecule has 1 amide bonds. The molecule has 1 aliphatic rings. The van der Waals surface area contributed by atoms with Crippen LogP contribution in [-0.4, -0.2) is 49.5 Å². The minimum absolute atomic E-state index is 0.282. The number of carbonyl (C=O) groups is 2. The Morgan fingerprint density at radius 2 is 1.96 bits per heavy atom. The maximum absolute atomic E-state index is 12.2. The van der Waals surface area contributed by atoms with Crippen molar-refractivity contribution in [2.75, 3.05) is 18.1 Å². The molecule has 0 radical (unpaired) electrons. The van der Waals surface area contributed by atoms with Crippen molar-refractivity contribution in [2.24, 2.45) is 0 Å². The van der Waals surface area contributed by atoms with Crippen molar-refractivity contribution < 1.29 is 22.7 Å². The summed E-state index contributed by atoms with van der Waals surface area (Å²) in [4.78, 5) is 24.3. The zero-order valence-corrected chi connectivity index (χ0v) is 14.9. The molecule has 9 heteroatoms. The molecule has 1 heterocycles. The van der Waals surface area contributed by atoms with Crippen LogP contribution in [0.1, 0.15) is 19.8 Å². The molecule has 7 nitrogen and oxygen atoms in total. The van der Waals surface area contributed by atoms with Crippen LogP contribution in [0.25, 0.3) is 0 Å². The van der Waals surface area contributed by atoms with Crippen molar-refractivity contribution in [3.63, 3.8) is 0 Å². The Hall–Kier alpha value is -1.64. The molecule has 2 rings (SSSR count). The van der Waals surface area contributed by atoms with E-state index < -0.39 is 34.0 Å². The van der Waals surface area contributed by atoms with Crippen LogP contribution in [0.2, 0.25) is 5.02 Å². The molecule has 0 bridgehead atoms. The van der Waals surface area contributed by atoms with Crippen LogP contribution >= 0.6 is 11.6 Å². The fourth-order valence-electron chi connectivity index (χ4n) is 2.46. The number of anilines is 1. The summed E-state index contributed by atoms with van der Waals surface area (Å²) in [6, 6.07) is 5.62. The molecule has 132 valence electrons. The van der Waals surface area contributed by atoms with E-state index >= 15 is 0 Å². The van der Waals surface area contributed by atoms with E-state index in [9.17, 15) is 18.0 Å². The van der Waals surface area contributed by atoms with E-state index in [4.69, 9.17) is 16.3 Å². The van der Waals surface area contributed by atoms with Gasteiger partial charge in [0.25, 0.3) is 5.91 Å². The van der Waals surface area contributed by atoms with Crippen LogP contribution in [0.5, 0.6) is 0 Å². The molecular weight excluding hydrogens is 356 g/mol. The number of nitrogens with zero attached hydrogens (tertiary/aromatic N) is 1. The van der Waals surface area contributed by atoms with Crippen LogP contribution in [0.3, 0.4) is 0 Å². The minimum Gasteiger partial charge on any atom is -0.451 e. The molecule has 24 heavy (non-hydrogen) atoms. The maximum atomic E-state index is 12.2. The molecule has 0 aromatic heterocycles. The number of ether oxygens (including phenoxy) is 1. The Morgan fingerprint density at radius 3 is 2.54 bits per heavy atom. The van der Waals surface area contributed by atoms with Gasteiger partial charge in [-0.25, -0.2) is 8.42 Å². The highest BCUT2D eigenvalue weighted by molar-refractivity contribution is 7.88. The third-order valence-electron chi connectivity index (χ3n) is 3.68. The van der Waals surface area contributed by atoms with Gasteiger partial charge in [0.05, 0.1) is 6.26 Å². The average molecular weight is 375 g/mol. The Kier molecular flexibility index (Phi) is 5.84. The van der Waals surface area contributed by atoms with Gasteiger partial charge in [-0.2, -0.15) is 4.31 Å². The fourth-order valence-corrected chi connectivity index (χ4v) is 3.70. The number of hydrogen-bond donors (Lipinski definition) is 1. The average Bonchev–Trinajstić information content (AvgIpc) is 2.99. The first-order chi connectivity index (χ1) is 11.2. The van der Waals surface area contributed by atoms with Crippen molar-refractivity contribution in [3.8, 4) is 0 Å². The second kappa shape index (κ2) is 7.50. The van der Waals surface area contributed by atoms with Gasteiger partial charge in [-0.3, -0.25) is 9.59 Å². The monoisotopic (exact) mass is 374 g/mol. The molecule has 1 saturated heterocycles. The quantitative estimate of drug-likeness (QED) is 0.791. The summed E-state index contributed by atoms with van der Waals surface area (Å²) in [7, 11) is -3.49. The second-order valence-electron chi connectivity index (χ2n) is 5.61. The van der Waals surface area contributed by atoms with Crippen molar-refractivity contribution in [2.45, 2.75) is 31.9 Å². The smallest absolute Gasteiger partial charge is 0.325 e. The predicted octanol–water partition coefficient (Wildman–Crippen LogP) is 1.63. The van der Waals surface area contributed by atoms with Gasteiger partial charge in [-0.1, -0.05) is 11.6 Å². The molecule has 1 fully saturated rings. The summed E-state index contributed by atoms with van der Waals surface area (Å²) in [6.45, 7) is 1.72. The van der Waals surface area contributed by atoms with Gasteiger partial charge in [0.15, 0.2) is 6.10 Å². The van der Waals surface area contributed by atoms with Gasteiger partial charge in [0, 0.05) is 17.3 Å². The summed E-state index contributed by atoms with van der Waals surface area (Å²) in [5.41, 5.74) is 0.519. The lowest BCUT2D eigenvalue weighted by Gasteiger charge is -2.22. The maximum Gasteiger partial charge on any atom is 0.325 e. The zero-order chi connectivity index (χ0) is 17.9. The molecule has 0 unspecified atom stereocenters. The van der Waals surface area contributed by atoms with Crippen LogP contribution in [0.15, 0.2) is 24.3 Å². The lowest BCUT2D eigenvalue weighted by atomic mass is 10.2. The molecule has 0 spiro atoms. The molecule has 1 N–H and O–H groups in total. The Bertz CT molecular complexity index is 720. The summed E-state index contributed by atoms with van der Waals surface area (Å²) < 4.78 is 29.6. The minimum atomic E-state index is -3.49. The van der Waals surface area contributed by atoms with E-state index in [1.807, 2.05) is 0 Å². The summed E-state index contributed by atoms with van der Waals surface area (Å²) in [5.74, 6) is -1.22. The first-order valence-electron chi connectivity index (χ1n) is 7.42. The third-order valence-corrected chi connectivity index (χ3v) is 5.22. The first-order valence-corrected chi connectivity index (χ1v) is 9.65. The summed E-state index contributed by atoms with van der Waals surface area (Å²) in [5, 5.41) is 3.14. The van der Waals surface area contributed by atoms with Crippen molar-refractivity contribution in [1.82, 2.24) is 4.31 Å². The molecule has 1 aliphatic heterocycles. The number of esters is 1. The summed E-state index contributed by atoms with van der Waals surface area (Å²) >= 11 is 5.77. The lowest BCUT2D eigenvalue weighted by Crippen LogP contribution is -2.43. The van der Waals surface area contributed by atoms with E-state index in [1.165, 1.54) is 6.92 Å². The number of rotatable bonds is 5. The number of amides is 1. The molecular formula is C15H19ClN2O5S. The number of halogens is 1. The first kappa shape index (κ1) is 18.7. The topological polar surface area (TPSA) is 92.8 Å². The molecule has 1 aromatic rings. The van der Waals surface area contributed by atoms with Crippen molar-refractivity contribution >= 4 is 39.2 Å². The molecule has 0 saturated carbocycles. The Morgan fingerprint density at radius 1 is 1.33 bits per heavy atom. The Labute approximate surface area is 146 Å². The van der Waals surface area contributed by atoms with Crippen LogP contribution in [-0.2, 0) is 24.3 Å². The fraction of sp³-hybridized carbons (Fsp3) is 0.467. The highest BCUT2D eigenvalue weighted by atomic mass is 35.5. The van der Waals surface area contributed by atoms with E-state index in [0.717, 1.165) is 10.6 Å². The van der Waals surface area contributed by atoms with E-state index in [-0.39, 0.29) is 6.54 Å². The van der Waals surface area contributed by atoms with E-state index in [2.05, 4.69) is 5.32 Å². The standard InChI is InChI=1S/C15H19ClN2O5S/c1-10(14(19)17-12-7-5-11(16)6-8-12)23-15(20)13-4-3-9-18(13)24(2,21)22/h5-8,10,13H,3-4,9H2,1-2H3,(H,17,19)/t10-,13-/m1/s1. The Balaban J connectivity index is 1.95. The lowest BCUT2D eigenvalue weighted by molar-refractivity contribution is -0.156. The van der Waals surface area contributed by atoms with Crippen LogP contribution in [0.4, 0.5) is 5.69 Å². The molecule has 1 aromatic carbocycles. The van der Waals surface area contributed by atoms with Gasteiger partial charge < -0.3 is 10.1 Å². The van der Waals surface area contributed by atoms with Gasteiger partial charge in [0.1, 0.15) is 6.04 Å². The number of benzene rings is 1. The van der Waals surface area contributed by atoms with E-state index in [0.29, 0.717) is 23.6 Å². The highest BCUT2D eigenvalue weighted by Gasteiger charge is 2.38. The number of nitrogens with one attached hydrogen (secondary N) is 1. The van der Waals surface area contributed by atoms with E-state index in [1.54, 1.807) is 24.3 Å². The highest BCUT2D eigenvalue weighted by Crippen LogP contribution is 2.22. The number of hydrogen-bond acceptors (Lipinski definition) is 5. The van der Waals surface area contributed by atoms with Gasteiger partial charge >= 0.3 is 5.97 Å². The molecule has 2 atom stereocenters. The van der Waals surface area contributed by atoms with Crippen LogP contribution in [0, 0.1) is 0 Å². The second-order valence-corrected chi connectivity index (χ2v) is 7.98. The van der Waals surface area contributed by atoms with Crippen LogP contribution < -0.4 is 5.32 Å². The summed E-state index contributed by atoms with van der Waals surface area (Å²) in [6.07, 6.45) is 0.973. The zero-order valence-electron chi connectivity index (χ0n) is 13.4. The largest absolute Gasteiger partial charge is 0.451 e. The predicted molar refractivity (Wildman–Crippen MR) is 90.2 cm³/mol.